The molecule has 1 aliphatic rings. The van der Waals surface area contributed by atoms with E-state index in [1.807, 2.05) is 0 Å². The van der Waals surface area contributed by atoms with E-state index in [1.165, 1.54) is 6.42 Å². The zero-order valence-corrected chi connectivity index (χ0v) is 8.65. The van der Waals surface area contributed by atoms with Gasteiger partial charge >= 0.3 is 5.97 Å². The van der Waals surface area contributed by atoms with Crippen molar-refractivity contribution in [1.29, 1.82) is 0 Å². The monoisotopic (exact) mass is 201 g/mol. The molecule has 82 valence electrons. The van der Waals surface area contributed by atoms with Crippen molar-refractivity contribution in [1.82, 2.24) is 4.90 Å². The molecular formula is C10H19NO3. The van der Waals surface area contributed by atoms with Crippen LogP contribution in [-0.4, -0.2) is 46.3 Å². The van der Waals surface area contributed by atoms with Gasteiger partial charge < -0.3 is 10.2 Å². The van der Waals surface area contributed by atoms with Gasteiger partial charge in [-0.2, -0.15) is 0 Å². The first-order chi connectivity index (χ1) is 6.63. The highest BCUT2D eigenvalue weighted by molar-refractivity contribution is 5.67. The zero-order chi connectivity index (χ0) is 10.6. The van der Waals surface area contributed by atoms with Gasteiger partial charge in [0, 0.05) is 12.6 Å². The van der Waals surface area contributed by atoms with Crippen LogP contribution in [0.1, 0.15) is 32.6 Å². The molecule has 2 N–H and O–H groups in total. The summed E-state index contributed by atoms with van der Waals surface area (Å²) in [6.07, 6.45) is 2.56. The lowest BCUT2D eigenvalue weighted by Crippen LogP contribution is -2.36. The standard InChI is InChI=1S/C10H19NO3/c1-2-8-4-3-5-11(8)7-9(12)6-10(13)14/h8-9,12H,2-7H2,1H3,(H,13,14). The van der Waals surface area contributed by atoms with Gasteiger partial charge in [0.05, 0.1) is 12.5 Å². The molecule has 0 amide bonds. The third-order valence-electron chi connectivity index (χ3n) is 2.83. The maximum Gasteiger partial charge on any atom is 0.306 e. The van der Waals surface area contributed by atoms with Crippen molar-refractivity contribution < 1.29 is 15.0 Å². The molecule has 0 aliphatic carbocycles. The maximum atomic E-state index is 10.4. The summed E-state index contributed by atoms with van der Waals surface area (Å²) >= 11 is 0. The molecule has 0 spiro atoms. The molecule has 2 unspecified atom stereocenters. The van der Waals surface area contributed by atoms with Crippen LogP contribution in [0.25, 0.3) is 0 Å². The lowest BCUT2D eigenvalue weighted by molar-refractivity contribution is -0.139. The number of aliphatic hydroxyl groups excluding tert-OH is 1. The molecule has 0 aromatic carbocycles. The second-order valence-corrected chi connectivity index (χ2v) is 3.95. The first-order valence-corrected chi connectivity index (χ1v) is 5.27. The Bertz CT molecular complexity index is 196. The molecule has 14 heavy (non-hydrogen) atoms. The van der Waals surface area contributed by atoms with Crippen LogP contribution in [0.3, 0.4) is 0 Å². The molecule has 0 saturated carbocycles. The van der Waals surface area contributed by atoms with Crippen molar-refractivity contribution in [3.63, 3.8) is 0 Å². The number of hydrogen-bond acceptors (Lipinski definition) is 3. The number of aliphatic hydroxyl groups is 1. The van der Waals surface area contributed by atoms with Crippen LogP contribution in [0.15, 0.2) is 0 Å². The highest BCUT2D eigenvalue weighted by atomic mass is 16.4. The summed E-state index contributed by atoms with van der Waals surface area (Å²) in [6.45, 7) is 3.63. The summed E-state index contributed by atoms with van der Waals surface area (Å²) < 4.78 is 0. The molecule has 0 bridgehead atoms. The first kappa shape index (κ1) is 11.5. The van der Waals surface area contributed by atoms with Crippen LogP contribution in [0.5, 0.6) is 0 Å². The van der Waals surface area contributed by atoms with Gasteiger partial charge in [-0.15, -0.1) is 0 Å². The van der Waals surface area contributed by atoms with Crippen LogP contribution in [0, 0.1) is 0 Å². The molecular weight excluding hydrogens is 182 g/mol. The Morgan fingerprint density at radius 3 is 2.93 bits per heavy atom. The highest BCUT2D eigenvalue weighted by Crippen LogP contribution is 2.20. The number of carbonyl (C=O) groups is 1. The second-order valence-electron chi connectivity index (χ2n) is 3.95. The van der Waals surface area contributed by atoms with Gasteiger partial charge in [0.1, 0.15) is 0 Å². The Balaban J connectivity index is 2.31. The number of nitrogens with zero attached hydrogens (tertiary/aromatic N) is 1. The third kappa shape index (κ3) is 3.27. The van der Waals surface area contributed by atoms with Crippen molar-refractivity contribution in [2.75, 3.05) is 13.1 Å². The first-order valence-electron chi connectivity index (χ1n) is 5.27. The summed E-state index contributed by atoms with van der Waals surface area (Å²) in [5.41, 5.74) is 0. The van der Waals surface area contributed by atoms with Gasteiger partial charge in [0.2, 0.25) is 0 Å². The summed E-state index contributed by atoms with van der Waals surface area (Å²) in [6, 6.07) is 0.540. The fourth-order valence-electron chi connectivity index (χ4n) is 2.13. The van der Waals surface area contributed by atoms with E-state index in [4.69, 9.17) is 5.11 Å². The summed E-state index contributed by atoms with van der Waals surface area (Å²) in [5, 5.41) is 18.0. The molecule has 1 rings (SSSR count). The minimum Gasteiger partial charge on any atom is -0.481 e. The van der Waals surface area contributed by atoms with E-state index in [-0.39, 0.29) is 6.42 Å². The molecule has 1 heterocycles. The van der Waals surface area contributed by atoms with Crippen LogP contribution >= 0.6 is 0 Å². The average Bonchev–Trinajstić information content (AvgIpc) is 2.50. The molecule has 0 aromatic rings. The fraction of sp³-hybridized carbons (Fsp3) is 0.900. The number of aliphatic carboxylic acids is 1. The maximum absolute atomic E-state index is 10.4. The molecule has 1 saturated heterocycles. The zero-order valence-electron chi connectivity index (χ0n) is 8.65. The topological polar surface area (TPSA) is 60.8 Å². The molecule has 1 fully saturated rings. The lowest BCUT2D eigenvalue weighted by atomic mass is 10.1. The van der Waals surface area contributed by atoms with Crippen molar-refractivity contribution in [3.05, 3.63) is 0 Å². The number of likely N-dealkylation sites (tertiary alicyclic amines) is 1. The molecule has 0 aromatic heterocycles. The van der Waals surface area contributed by atoms with Crippen molar-refractivity contribution in [2.24, 2.45) is 0 Å². The highest BCUT2D eigenvalue weighted by Gasteiger charge is 2.25. The van der Waals surface area contributed by atoms with E-state index in [0.29, 0.717) is 12.6 Å². The lowest BCUT2D eigenvalue weighted by Gasteiger charge is -2.25. The Hall–Kier alpha value is -0.610. The molecule has 2 atom stereocenters. The van der Waals surface area contributed by atoms with E-state index >= 15 is 0 Å². The second kappa shape index (κ2) is 5.32. The normalized spacial score (nSPS) is 25.1. The smallest absolute Gasteiger partial charge is 0.306 e. The predicted octanol–water partition coefficient (Wildman–Crippen LogP) is 0.696. The van der Waals surface area contributed by atoms with E-state index in [2.05, 4.69) is 11.8 Å². The molecule has 0 radical (unpaired) electrons. The van der Waals surface area contributed by atoms with E-state index < -0.39 is 12.1 Å². The molecule has 1 aliphatic heterocycles. The van der Waals surface area contributed by atoms with Crippen molar-refractivity contribution >= 4 is 5.97 Å². The third-order valence-corrected chi connectivity index (χ3v) is 2.83. The average molecular weight is 201 g/mol. The number of carboxylic acids is 1. The van der Waals surface area contributed by atoms with Gasteiger partial charge in [-0.05, 0) is 25.8 Å². The van der Waals surface area contributed by atoms with Gasteiger partial charge in [0.25, 0.3) is 0 Å². The van der Waals surface area contributed by atoms with Crippen LogP contribution in [0.2, 0.25) is 0 Å². The van der Waals surface area contributed by atoms with Crippen molar-refractivity contribution in [3.8, 4) is 0 Å². The Labute approximate surface area is 84.5 Å². The number of hydrogen-bond donors (Lipinski definition) is 2. The fourth-order valence-corrected chi connectivity index (χ4v) is 2.13. The predicted molar refractivity (Wildman–Crippen MR) is 53.1 cm³/mol. The van der Waals surface area contributed by atoms with E-state index in [0.717, 1.165) is 19.4 Å². The van der Waals surface area contributed by atoms with E-state index in [9.17, 15) is 9.90 Å². The summed E-state index contributed by atoms with van der Waals surface area (Å²) in [4.78, 5) is 12.6. The summed E-state index contributed by atoms with van der Waals surface area (Å²) in [7, 11) is 0. The minimum atomic E-state index is -0.926. The Morgan fingerprint density at radius 1 is 1.64 bits per heavy atom. The van der Waals surface area contributed by atoms with Crippen LogP contribution in [-0.2, 0) is 4.79 Å². The minimum absolute atomic E-state index is 0.146. The Morgan fingerprint density at radius 2 is 2.36 bits per heavy atom. The largest absolute Gasteiger partial charge is 0.481 e. The van der Waals surface area contributed by atoms with Gasteiger partial charge in [-0.1, -0.05) is 6.92 Å². The number of carboxylic acid groups (broad SMARTS) is 1. The van der Waals surface area contributed by atoms with Gasteiger partial charge in [-0.25, -0.2) is 0 Å². The SMILES string of the molecule is CCC1CCCN1CC(O)CC(=O)O. The van der Waals surface area contributed by atoms with Gasteiger partial charge in [-0.3, -0.25) is 9.69 Å². The van der Waals surface area contributed by atoms with Crippen LogP contribution < -0.4 is 0 Å². The number of β-amino-alcohol motifs (C(OH)–C–C–N with tert-alkyl or cyclic N) is 1. The van der Waals surface area contributed by atoms with E-state index in [1.54, 1.807) is 0 Å². The van der Waals surface area contributed by atoms with Gasteiger partial charge in [0.15, 0.2) is 0 Å². The van der Waals surface area contributed by atoms with Crippen molar-refractivity contribution in [2.45, 2.75) is 44.8 Å². The van der Waals surface area contributed by atoms with Crippen LogP contribution in [0.4, 0.5) is 0 Å². The summed E-state index contributed by atoms with van der Waals surface area (Å²) in [5.74, 6) is -0.926. The Kier molecular flexibility index (Phi) is 4.35. The molecule has 4 heteroatoms. The molecule has 4 nitrogen and oxygen atoms in total. The quantitative estimate of drug-likeness (QED) is 0.687. The number of rotatable bonds is 5.